The van der Waals surface area contributed by atoms with Gasteiger partial charge in [-0.1, -0.05) is 13.8 Å². The van der Waals surface area contributed by atoms with Gasteiger partial charge in [0.25, 0.3) is 0 Å². The van der Waals surface area contributed by atoms with E-state index in [2.05, 4.69) is 42.0 Å². The Kier molecular flexibility index (Phi) is 5.59. The number of methoxy groups -OCH3 is 1. The Bertz CT molecular complexity index is 461. The molecule has 2 atom stereocenters. The van der Waals surface area contributed by atoms with E-state index >= 15 is 0 Å². The number of rotatable bonds is 5. The predicted molar refractivity (Wildman–Crippen MR) is 86.6 cm³/mol. The van der Waals surface area contributed by atoms with Crippen molar-refractivity contribution in [1.29, 1.82) is 0 Å². The van der Waals surface area contributed by atoms with Crippen LogP contribution < -0.4 is 10.1 Å². The molecular formula is C17H29N3O. The van der Waals surface area contributed by atoms with E-state index in [0.717, 1.165) is 42.7 Å². The van der Waals surface area contributed by atoms with Gasteiger partial charge in [-0.2, -0.15) is 0 Å². The first kappa shape index (κ1) is 16.2. The fraction of sp³-hybridized carbons (Fsp3) is 0.706. The third-order valence-electron chi connectivity index (χ3n) is 4.12. The summed E-state index contributed by atoms with van der Waals surface area (Å²) in [6.07, 6.45) is 1.23. The van der Waals surface area contributed by atoms with Crippen molar-refractivity contribution in [3.8, 4) is 5.75 Å². The molecule has 2 unspecified atom stereocenters. The van der Waals surface area contributed by atoms with Crippen molar-refractivity contribution in [2.24, 2.45) is 5.92 Å². The molecule has 1 fully saturated rings. The monoisotopic (exact) mass is 291 g/mol. The van der Waals surface area contributed by atoms with Crippen LogP contribution in [0.2, 0.25) is 0 Å². The summed E-state index contributed by atoms with van der Waals surface area (Å²) in [7, 11) is 1.71. The topological polar surface area (TPSA) is 37.4 Å². The fourth-order valence-corrected chi connectivity index (χ4v) is 3.05. The summed E-state index contributed by atoms with van der Waals surface area (Å²) in [4.78, 5) is 7.19. The Morgan fingerprint density at radius 2 is 2.19 bits per heavy atom. The van der Waals surface area contributed by atoms with Gasteiger partial charge in [-0.15, -0.1) is 0 Å². The largest absolute Gasteiger partial charge is 0.497 e. The Labute approximate surface area is 128 Å². The van der Waals surface area contributed by atoms with Crippen molar-refractivity contribution < 1.29 is 4.74 Å². The minimum Gasteiger partial charge on any atom is -0.497 e. The normalized spacial score (nSPS) is 23.5. The molecule has 0 spiro atoms. The second kappa shape index (κ2) is 7.23. The third-order valence-corrected chi connectivity index (χ3v) is 4.12. The van der Waals surface area contributed by atoms with Gasteiger partial charge in [0.05, 0.1) is 12.8 Å². The van der Waals surface area contributed by atoms with Crippen molar-refractivity contribution >= 4 is 0 Å². The lowest BCUT2D eigenvalue weighted by molar-refractivity contribution is 0.123. The van der Waals surface area contributed by atoms with Crippen molar-refractivity contribution in [2.75, 3.05) is 20.2 Å². The predicted octanol–water partition coefficient (Wildman–Crippen LogP) is 2.61. The maximum absolute atomic E-state index is 5.35. The summed E-state index contributed by atoms with van der Waals surface area (Å²) in [6, 6.07) is 5.17. The van der Waals surface area contributed by atoms with Gasteiger partial charge < -0.3 is 10.1 Å². The van der Waals surface area contributed by atoms with Crippen LogP contribution in [0.5, 0.6) is 5.75 Å². The fourth-order valence-electron chi connectivity index (χ4n) is 3.05. The molecular weight excluding hydrogens is 262 g/mol. The molecule has 1 N–H and O–H groups in total. The zero-order valence-electron chi connectivity index (χ0n) is 14.0. The van der Waals surface area contributed by atoms with Gasteiger partial charge in [0, 0.05) is 49.5 Å². The number of aromatic nitrogens is 1. The van der Waals surface area contributed by atoms with Gasteiger partial charge in [-0.25, -0.2) is 0 Å². The van der Waals surface area contributed by atoms with Gasteiger partial charge in [-0.05, 0) is 26.2 Å². The molecule has 4 nitrogen and oxygen atoms in total. The van der Waals surface area contributed by atoms with Crippen LogP contribution in [0.25, 0.3) is 0 Å². The second-order valence-corrected chi connectivity index (χ2v) is 6.65. The average molecular weight is 291 g/mol. The SMILES string of the molecule is COc1cc(C)nc(CN2CC(CC(C)C)NCC2C)c1. The maximum Gasteiger partial charge on any atom is 0.122 e. The van der Waals surface area contributed by atoms with Crippen LogP contribution in [-0.4, -0.2) is 42.2 Å². The van der Waals surface area contributed by atoms with E-state index in [-0.39, 0.29) is 0 Å². The summed E-state index contributed by atoms with van der Waals surface area (Å²) in [5.74, 6) is 1.63. The van der Waals surface area contributed by atoms with Crippen molar-refractivity contribution in [2.45, 2.75) is 52.7 Å². The minimum absolute atomic E-state index is 0.543. The number of ether oxygens (including phenoxy) is 1. The van der Waals surface area contributed by atoms with Gasteiger partial charge in [0.1, 0.15) is 5.75 Å². The summed E-state index contributed by atoms with van der Waals surface area (Å²) >= 11 is 0. The third kappa shape index (κ3) is 4.68. The molecule has 1 saturated heterocycles. The molecule has 0 aromatic carbocycles. The minimum atomic E-state index is 0.543. The quantitative estimate of drug-likeness (QED) is 0.905. The van der Waals surface area contributed by atoms with E-state index in [9.17, 15) is 0 Å². The first-order valence-corrected chi connectivity index (χ1v) is 7.97. The van der Waals surface area contributed by atoms with Crippen molar-refractivity contribution in [3.63, 3.8) is 0 Å². The molecule has 21 heavy (non-hydrogen) atoms. The number of nitrogens with one attached hydrogen (secondary N) is 1. The molecule has 0 aliphatic carbocycles. The van der Waals surface area contributed by atoms with Gasteiger partial charge in [0.2, 0.25) is 0 Å². The molecule has 2 heterocycles. The summed E-state index contributed by atoms with van der Waals surface area (Å²) < 4.78 is 5.35. The van der Waals surface area contributed by atoms with E-state index in [0.29, 0.717) is 12.1 Å². The second-order valence-electron chi connectivity index (χ2n) is 6.65. The number of piperazine rings is 1. The number of pyridine rings is 1. The van der Waals surface area contributed by atoms with Gasteiger partial charge >= 0.3 is 0 Å². The molecule has 0 radical (unpaired) electrons. The van der Waals surface area contributed by atoms with Crippen LogP contribution in [0, 0.1) is 12.8 Å². The molecule has 0 bridgehead atoms. The molecule has 4 heteroatoms. The van der Waals surface area contributed by atoms with Crippen molar-refractivity contribution in [1.82, 2.24) is 15.2 Å². The van der Waals surface area contributed by atoms with Crippen LogP contribution in [0.3, 0.4) is 0 Å². The maximum atomic E-state index is 5.35. The van der Waals surface area contributed by atoms with Gasteiger partial charge in [0.15, 0.2) is 0 Å². The van der Waals surface area contributed by atoms with Crippen LogP contribution in [0.15, 0.2) is 12.1 Å². The molecule has 2 rings (SSSR count). The first-order valence-electron chi connectivity index (χ1n) is 7.97. The highest BCUT2D eigenvalue weighted by Crippen LogP contribution is 2.18. The highest BCUT2D eigenvalue weighted by atomic mass is 16.5. The van der Waals surface area contributed by atoms with Gasteiger partial charge in [-0.3, -0.25) is 9.88 Å². The Hall–Kier alpha value is -1.13. The highest BCUT2D eigenvalue weighted by Gasteiger charge is 2.25. The lowest BCUT2D eigenvalue weighted by Crippen LogP contribution is -2.55. The molecule has 1 aromatic heterocycles. The Morgan fingerprint density at radius 3 is 2.86 bits per heavy atom. The van der Waals surface area contributed by atoms with E-state index in [1.807, 2.05) is 13.0 Å². The summed E-state index contributed by atoms with van der Waals surface area (Å²) in [6.45, 7) is 11.9. The van der Waals surface area contributed by atoms with E-state index in [4.69, 9.17) is 4.74 Å². The first-order chi connectivity index (χ1) is 9.97. The Morgan fingerprint density at radius 1 is 1.43 bits per heavy atom. The zero-order valence-corrected chi connectivity index (χ0v) is 14.0. The molecule has 0 saturated carbocycles. The smallest absolute Gasteiger partial charge is 0.122 e. The summed E-state index contributed by atoms with van der Waals surface area (Å²) in [5, 5.41) is 3.66. The lowest BCUT2D eigenvalue weighted by atomic mass is 10.00. The molecule has 1 aliphatic rings. The van der Waals surface area contributed by atoms with Crippen LogP contribution in [-0.2, 0) is 6.54 Å². The molecule has 1 aliphatic heterocycles. The molecule has 0 amide bonds. The van der Waals surface area contributed by atoms with Crippen molar-refractivity contribution in [3.05, 3.63) is 23.5 Å². The van der Waals surface area contributed by atoms with Crippen LogP contribution in [0.4, 0.5) is 0 Å². The lowest BCUT2D eigenvalue weighted by Gasteiger charge is -2.39. The molecule has 118 valence electrons. The number of hydrogen-bond acceptors (Lipinski definition) is 4. The van der Waals surface area contributed by atoms with Crippen LogP contribution in [0.1, 0.15) is 38.6 Å². The van der Waals surface area contributed by atoms with E-state index < -0.39 is 0 Å². The number of nitrogens with zero attached hydrogens (tertiary/aromatic N) is 2. The molecule has 1 aromatic rings. The summed E-state index contributed by atoms with van der Waals surface area (Å²) in [5.41, 5.74) is 2.12. The highest BCUT2D eigenvalue weighted by molar-refractivity contribution is 5.26. The zero-order chi connectivity index (χ0) is 15.4. The van der Waals surface area contributed by atoms with E-state index in [1.165, 1.54) is 6.42 Å². The van der Waals surface area contributed by atoms with E-state index in [1.54, 1.807) is 7.11 Å². The number of hydrogen-bond donors (Lipinski definition) is 1. The van der Waals surface area contributed by atoms with Crippen LogP contribution >= 0.6 is 0 Å². The Balaban J connectivity index is 2.04. The number of aryl methyl sites for hydroxylation is 1. The average Bonchev–Trinajstić information content (AvgIpc) is 2.41. The standard InChI is InChI=1S/C17H29N3O/c1-12(2)6-15-10-20(14(4)9-18-15)11-16-8-17(21-5)7-13(3)19-16/h7-8,12,14-15,18H,6,9-11H2,1-5H3.